The van der Waals surface area contributed by atoms with Crippen molar-refractivity contribution < 1.29 is 19.1 Å². The van der Waals surface area contributed by atoms with Crippen molar-refractivity contribution in [2.75, 3.05) is 13.2 Å². The van der Waals surface area contributed by atoms with E-state index < -0.39 is 17.5 Å². The Balaban J connectivity index is 2.53. The predicted octanol–water partition coefficient (Wildman–Crippen LogP) is 0.544. The van der Waals surface area contributed by atoms with Gasteiger partial charge in [0, 0.05) is 0 Å². The zero-order valence-electron chi connectivity index (χ0n) is 8.12. The van der Waals surface area contributed by atoms with E-state index in [0.29, 0.717) is 0 Å². The van der Waals surface area contributed by atoms with Crippen LogP contribution in [-0.4, -0.2) is 30.6 Å². The quantitative estimate of drug-likeness (QED) is 0.443. The Morgan fingerprint density at radius 2 is 2.15 bits per heavy atom. The maximum absolute atomic E-state index is 11.3. The lowest BCUT2D eigenvalue weighted by Gasteiger charge is -2.20. The van der Waals surface area contributed by atoms with Gasteiger partial charge in [-0.15, -0.1) is 0 Å². The molecule has 0 amide bonds. The molecule has 0 aromatic heterocycles. The minimum Gasteiger partial charge on any atom is -0.459 e. The second-order valence-corrected chi connectivity index (χ2v) is 4.07. The van der Waals surface area contributed by atoms with Crippen molar-refractivity contribution in [1.82, 2.24) is 0 Å². The van der Waals surface area contributed by atoms with Crippen LogP contribution in [0.1, 0.15) is 20.8 Å². The highest BCUT2D eigenvalue weighted by molar-refractivity contribution is 6.01. The highest BCUT2D eigenvalue weighted by Gasteiger charge is 2.35. The Kier molecular flexibility index (Phi) is 2.71. The summed E-state index contributed by atoms with van der Waals surface area (Å²) in [5.74, 6) is -1.37. The molecular weight excluding hydrogens is 172 g/mol. The summed E-state index contributed by atoms with van der Waals surface area (Å²) in [4.78, 5) is 22.4. The average Bonchev–Trinajstić information content (AvgIpc) is 2.30. The van der Waals surface area contributed by atoms with Gasteiger partial charge in [0.1, 0.15) is 18.1 Å². The summed E-state index contributed by atoms with van der Waals surface area (Å²) in [7, 11) is 0. The highest BCUT2D eigenvalue weighted by Crippen LogP contribution is 2.15. The zero-order valence-corrected chi connectivity index (χ0v) is 8.12. The third-order valence-corrected chi connectivity index (χ3v) is 1.61. The predicted molar refractivity (Wildman–Crippen MR) is 45.2 cm³/mol. The fourth-order valence-corrected chi connectivity index (χ4v) is 1.04. The molecule has 4 heteroatoms. The maximum atomic E-state index is 11.3. The van der Waals surface area contributed by atoms with Gasteiger partial charge < -0.3 is 9.47 Å². The summed E-state index contributed by atoms with van der Waals surface area (Å²) < 4.78 is 9.91. The largest absolute Gasteiger partial charge is 0.459 e. The summed E-state index contributed by atoms with van der Waals surface area (Å²) in [5.41, 5.74) is -0.542. The van der Waals surface area contributed by atoms with Crippen LogP contribution in [0.5, 0.6) is 0 Å². The van der Waals surface area contributed by atoms with Crippen LogP contribution in [-0.2, 0) is 19.1 Å². The lowest BCUT2D eigenvalue weighted by atomic mass is 10.1. The van der Waals surface area contributed by atoms with Crippen molar-refractivity contribution in [3.63, 3.8) is 0 Å². The number of ether oxygens (including phenoxy) is 2. The molecule has 1 atom stereocenters. The third kappa shape index (κ3) is 2.81. The molecule has 0 spiro atoms. The van der Waals surface area contributed by atoms with E-state index in [1.807, 2.05) is 0 Å². The molecule has 0 saturated carbocycles. The molecule has 13 heavy (non-hydrogen) atoms. The van der Waals surface area contributed by atoms with Crippen molar-refractivity contribution >= 4 is 11.8 Å². The van der Waals surface area contributed by atoms with E-state index in [0.717, 1.165) is 0 Å². The smallest absolute Gasteiger partial charge is 0.319 e. The van der Waals surface area contributed by atoms with Gasteiger partial charge in [-0.2, -0.15) is 0 Å². The van der Waals surface area contributed by atoms with E-state index in [9.17, 15) is 9.59 Å². The summed E-state index contributed by atoms with van der Waals surface area (Å²) in [6.07, 6.45) is 0. The van der Waals surface area contributed by atoms with Gasteiger partial charge in [0.2, 0.25) is 0 Å². The normalized spacial score (nSPS) is 23.3. The molecule has 0 aliphatic carbocycles. The fraction of sp³-hybridized carbons (Fsp3) is 0.778. The van der Waals surface area contributed by atoms with Gasteiger partial charge in [0.05, 0.1) is 6.61 Å². The summed E-state index contributed by atoms with van der Waals surface area (Å²) in [6, 6.07) is 0. The fourth-order valence-electron chi connectivity index (χ4n) is 1.04. The number of hydrogen-bond acceptors (Lipinski definition) is 4. The third-order valence-electron chi connectivity index (χ3n) is 1.61. The molecule has 0 bridgehead atoms. The zero-order chi connectivity index (χ0) is 10.1. The Bertz CT molecular complexity index is 226. The van der Waals surface area contributed by atoms with Crippen molar-refractivity contribution in [3.05, 3.63) is 0 Å². The van der Waals surface area contributed by atoms with Crippen LogP contribution in [0.4, 0.5) is 0 Å². The van der Waals surface area contributed by atoms with Crippen LogP contribution < -0.4 is 0 Å². The topological polar surface area (TPSA) is 52.6 Å². The van der Waals surface area contributed by atoms with E-state index in [4.69, 9.17) is 9.47 Å². The van der Waals surface area contributed by atoms with Gasteiger partial charge in [-0.1, -0.05) is 0 Å². The maximum Gasteiger partial charge on any atom is 0.319 e. The number of carbonyl (C=O) groups is 2. The van der Waals surface area contributed by atoms with Crippen molar-refractivity contribution in [3.8, 4) is 0 Å². The van der Waals surface area contributed by atoms with Crippen molar-refractivity contribution in [2.45, 2.75) is 26.4 Å². The Morgan fingerprint density at radius 1 is 1.54 bits per heavy atom. The van der Waals surface area contributed by atoms with Crippen LogP contribution in [0, 0.1) is 5.92 Å². The van der Waals surface area contributed by atoms with Gasteiger partial charge in [-0.05, 0) is 20.8 Å². The molecule has 1 fully saturated rings. The van der Waals surface area contributed by atoms with Gasteiger partial charge in [-0.3, -0.25) is 9.59 Å². The Labute approximate surface area is 77.2 Å². The molecule has 1 aliphatic rings. The minimum absolute atomic E-state index is 0.0317. The van der Waals surface area contributed by atoms with Gasteiger partial charge >= 0.3 is 5.97 Å². The van der Waals surface area contributed by atoms with Gasteiger partial charge in [-0.25, -0.2) is 0 Å². The number of Topliss-reactive ketones (excluding diaryl/α,β-unsaturated/α-hetero) is 1. The molecule has 0 N–H and O–H groups in total. The molecule has 0 aromatic carbocycles. The summed E-state index contributed by atoms with van der Waals surface area (Å²) in [5, 5.41) is 0. The second-order valence-electron chi connectivity index (χ2n) is 4.07. The van der Waals surface area contributed by atoms with Gasteiger partial charge in [0.15, 0.2) is 5.78 Å². The monoisotopic (exact) mass is 186 g/mol. The van der Waals surface area contributed by atoms with E-state index >= 15 is 0 Å². The molecule has 1 heterocycles. The Hall–Kier alpha value is -0.900. The first-order chi connectivity index (χ1) is 5.90. The molecule has 1 aliphatic heterocycles. The van der Waals surface area contributed by atoms with Crippen LogP contribution in [0.15, 0.2) is 0 Å². The first-order valence-corrected chi connectivity index (χ1v) is 4.23. The first-order valence-electron chi connectivity index (χ1n) is 4.23. The molecule has 1 saturated heterocycles. The molecular formula is C9H14O4. The molecule has 74 valence electrons. The number of esters is 1. The summed E-state index contributed by atoms with van der Waals surface area (Å²) in [6.45, 7) is 5.50. The number of carbonyl (C=O) groups excluding carboxylic acids is 2. The highest BCUT2D eigenvalue weighted by atomic mass is 16.6. The number of hydrogen-bond donors (Lipinski definition) is 0. The minimum atomic E-state index is -0.709. The molecule has 1 rings (SSSR count). The number of rotatable bonds is 1. The van der Waals surface area contributed by atoms with E-state index in [1.165, 1.54) is 0 Å². The SMILES string of the molecule is CC(C)(C)OC(=O)C1COCC1=O. The average molecular weight is 186 g/mol. The molecule has 0 aromatic rings. The molecule has 0 radical (unpaired) electrons. The van der Waals surface area contributed by atoms with E-state index in [1.54, 1.807) is 20.8 Å². The van der Waals surface area contributed by atoms with Crippen LogP contribution in [0.2, 0.25) is 0 Å². The standard InChI is InChI=1S/C9H14O4/c1-9(2,3)13-8(11)6-4-12-5-7(6)10/h6H,4-5H2,1-3H3. The second kappa shape index (κ2) is 3.46. The van der Waals surface area contributed by atoms with Gasteiger partial charge in [0.25, 0.3) is 0 Å². The number of ketones is 1. The van der Waals surface area contributed by atoms with Crippen molar-refractivity contribution in [1.29, 1.82) is 0 Å². The van der Waals surface area contributed by atoms with E-state index in [-0.39, 0.29) is 19.0 Å². The van der Waals surface area contributed by atoms with Crippen LogP contribution >= 0.6 is 0 Å². The van der Waals surface area contributed by atoms with Crippen LogP contribution in [0.3, 0.4) is 0 Å². The molecule has 1 unspecified atom stereocenters. The Morgan fingerprint density at radius 3 is 2.54 bits per heavy atom. The van der Waals surface area contributed by atoms with E-state index in [2.05, 4.69) is 0 Å². The van der Waals surface area contributed by atoms with Crippen molar-refractivity contribution in [2.24, 2.45) is 5.92 Å². The lowest BCUT2D eigenvalue weighted by molar-refractivity contribution is -0.161. The first kappa shape index (κ1) is 10.2. The summed E-state index contributed by atoms with van der Waals surface area (Å²) >= 11 is 0. The lowest BCUT2D eigenvalue weighted by Crippen LogP contribution is -2.32. The molecule has 4 nitrogen and oxygen atoms in total. The van der Waals surface area contributed by atoms with Crippen LogP contribution in [0.25, 0.3) is 0 Å².